The summed E-state index contributed by atoms with van der Waals surface area (Å²) in [5, 5.41) is 4.09. The Balaban J connectivity index is 1.42. The number of hydrogen-bond donors (Lipinski definition) is 1. The topological polar surface area (TPSA) is 84.9 Å². The predicted octanol–water partition coefficient (Wildman–Crippen LogP) is 3.38. The number of nitrogens with zero attached hydrogens (tertiary/aromatic N) is 1. The van der Waals surface area contributed by atoms with Crippen LogP contribution in [0.15, 0.2) is 46.7 Å². The molecule has 9 heteroatoms. The third kappa shape index (κ3) is 5.85. The van der Waals surface area contributed by atoms with Crippen LogP contribution < -0.4 is 14.8 Å². The molecule has 0 unspecified atom stereocenters. The number of thioether (sulfide) groups is 1. The molecule has 3 rings (SSSR count). The molecule has 0 radical (unpaired) electrons. The van der Waals surface area contributed by atoms with Gasteiger partial charge in [-0.1, -0.05) is 6.07 Å². The molecule has 1 aliphatic heterocycles. The Morgan fingerprint density at radius 1 is 1.14 bits per heavy atom. The van der Waals surface area contributed by atoms with Crippen LogP contribution in [0.3, 0.4) is 0 Å². The smallest absolute Gasteiger partial charge is 0.294 e. The van der Waals surface area contributed by atoms with Crippen LogP contribution in [0.1, 0.15) is 11.8 Å². The van der Waals surface area contributed by atoms with E-state index < -0.39 is 17.1 Å². The number of imide groups is 1. The second-order valence-corrected chi connectivity index (χ2v) is 7.86. The van der Waals surface area contributed by atoms with Crippen molar-refractivity contribution >= 4 is 46.2 Å². The van der Waals surface area contributed by atoms with Gasteiger partial charge in [-0.15, -0.1) is 11.3 Å². The van der Waals surface area contributed by atoms with Gasteiger partial charge >= 0.3 is 0 Å². The van der Waals surface area contributed by atoms with Gasteiger partial charge in [-0.2, -0.15) is 0 Å². The fraction of sp³-hybridized carbons (Fsp3) is 0.250. The van der Waals surface area contributed by atoms with Crippen molar-refractivity contribution in [2.45, 2.75) is 6.92 Å². The Morgan fingerprint density at radius 3 is 2.52 bits per heavy atom. The van der Waals surface area contributed by atoms with Gasteiger partial charge in [0.2, 0.25) is 5.91 Å². The molecule has 0 bridgehead atoms. The molecule has 1 saturated heterocycles. The quantitative estimate of drug-likeness (QED) is 0.483. The minimum atomic E-state index is -0.450. The van der Waals surface area contributed by atoms with Gasteiger partial charge in [-0.05, 0) is 60.5 Å². The summed E-state index contributed by atoms with van der Waals surface area (Å²) in [6.45, 7) is 2.72. The van der Waals surface area contributed by atoms with Gasteiger partial charge in [0, 0.05) is 4.88 Å². The van der Waals surface area contributed by atoms with E-state index in [4.69, 9.17) is 9.47 Å². The first-order valence-electron chi connectivity index (χ1n) is 8.98. The van der Waals surface area contributed by atoms with Crippen molar-refractivity contribution in [3.63, 3.8) is 0 Å². The lowest BCUT2D eigenvalue weighted by Gasteiger charge is -2.13. The number of carbonyl (C=O) groups is 3. The Kier molecular flexibility index (Phi) is 7.31. The number of nitrogens with one attached hydrogen (secondary N) is 1. The zero-order chi connectivity index (χ0) is 20.6. The van der Waals surface area contributed by atoms with Gasteiger partial charge < -0.3 is 14.8 Å². The zero-order valence-corrected chi connectivity index (χ0v) is 17.4. The highest BCUT2D eigenvalue weighted by atomic mass is 32.2. The summed E-state index contributed by atoms with van der Waals surface area (Å²) >= 11 is 2.31. The van der Waals surface area contributed by atoms with Crippen molar-refractivity contribution in [3.8, 4) is 11.5 Å². The van der Waals surface area contributed by atoms with Crippen molar-refractivity contribution in [3.05, 3.63) is 51.6 Å². The van der Waals surface area contributed by atoms with E-state index in [2.05, 4.69) is 5.32 Å². The molecule has 0 spiro atoms. The van der Waals surface area contributed by atoms with Gasteiger partial charge in [0.1, 0.15) is 24.7 Å². The van der Waals surface area contributed by atoms with Gasteiger partial charge in [0.25, 0.3) is 11.1 Å². The highest BCUT2D eigenvalue weighted by molar-refractivity contribution is 8.18. The molecule has 1 aliphatic rings. The van der Waals surface area contributed by atoms with Crippen LogP contribution in [0.4, 0.5) is 4.79 Å². The normalized spacial score (nSPS) is 15.1. The van der Waals surface area contributed by atoms with Crippen LogP contribution in [-0.4, -0.2) is 48.3 Å². The van der Waals surface area contributed by atoms with Gasteiger partial charge in [-0.3, -0.25) is 19.3 Å². The summed E-state index contributed by atoms with van der Waals surface area (Å²) in [5.74, 6) is 0.556. The van der Waals surface area contributed by atoms with Crippen molar-refractivity contribution in [2.75, 3.05) is 26.3 Å². The van der Waals surface area contributed by atoms with E-state index in [0.717, 1.165) is 27.3 Å². The largest absolute Gasteiger partial charge is 0.494 e. The Hall–Kier alpha value is -2.78. The number of hydrogen-bond acceptors (Lipinski definition) is 7. The second kappa shape index (κ2) is 10.1. The summed E-state index contributed by atoms with van der Waals surface area (Å²) in [6.07, 6.45) is 1.66. The zero-order valence-electron chi connectivity index (χ0n) is 15.8. The lowest BCUT2D eigenvalue weighted by Crippen LogP contribution is -2.40. The van der Waals surface area contributed by atoms with Gasteiger partial charge in [0.05, 0.1) is 18.1 Å². The highest BCUT2D eigenvalue weighted by Gasteiger charge is 2.36. The monoisotopic (exact) mass is 432 g/mol. The first kappa shape index (κ1) is 20.9. The average molecular weight is 433 g/mol. The summed E-state index contributed by atoms with van der Waals surface area (Å²) in [6, 6.07) is 10.9. The lowest BCUT2D eigenvalue weighted by atomic mass is 10.3. The second-order valence-electron chi connectivity index (χ2n) is 5.89. The SMILES string of the molecule is CCOc1ccc(OCCNC(=O)CN2C(=O)S/C(=C\c3cccs3)C2=O)cc1. The van der Waals surface area contributed by atoms with E-state index in [1.54, 1.807) is 30.3 Å². The van der Waals surface area contributed by atoms with Crippen molar-refractivity contribution in [2.24, 2.45) is 0 Å². The Labute approximate surface area is 176 Å². The maximum atomic E-state index is 12.4. The molecular formula is C20H20N2O5S2. The van der Waals surface area contributed by atoms with Crippen LogP contribution in [0.5, 0.6) is 11.5 Å². The van der Waals surface area contributed by atoms with Crippen LogP contribution in [0, 0.1) is 0 Å². The Bertz CT molecular complexity index is 894. The fourth-order valence-electron chi connectivity index (χ4n) is 2.50. The molecule has 2 heterocycles. The van der Waals surface area contributed by atoms with Crippen LogP contribution in [0.25, 0.3) is 6.08 Å². The van der Waals surface area contributed by atoms with Crippen LogP contribution in [-0.2, 0) is 9.59 Å². The minimum Gasteiger partial charge on any atom is -0.494 e. The molecular weight excluding hydrogens is 412 g/mol. The molecule has 3 amide bonds. The summed E-state index contributed by atoms with van der Waals surface area (Å²) in [4.78, 5) is 38.7. The first-order valence-corrected chi connectivity index (χ1v) is 10.7. The molecule has 0 saturated carbocycles. The summed E-state index contributed by atoms with van der Waals surface area (Å²) in [7, 11) is 0. The number of rotatable bonds is 9. The number of amides is 3. The number of ether oxygens (including phenoxy) is 2. The molecule has 0 aliphatic carbocycles. The maximum absolute atomic E-state index is 12.4. The fourth-order valence-corrected chi connectivity index (χ4v) is 4.06. The minimum absolute atomic E-state index is 0.257. The molecule has 29 heavy (non-hydrogen) atoms. The molecule has 1 N–H and O–H groups in total. The third-order valence-electron chi connectivity index (χ3n) is 3.82. The van der Waals surface area contributed by atoms with Crippen molar-refractivity contribution in [1.82, 2.24) is 10.2 Å². The van der Waals surface area contributed by atoms with Crippen molar-refractivity contribution in [1.29, 1.82) is 0 Å². The third-order valence-corrected chi connectivity index (χ3v) is 5.55. The molecule has 1 aromatic heterocycles. The maximum Gasteiger partial charge on any atom is 0.294 e. The van der Waals surface area contributed by atoms with Gasteiger partial charge in [-0.25, -0.2) is 0 Å². The van der Waals surface area contributed by atoms with Gasteiger partial charge in [0.15, 0.2) is 0 Å². The molecule has 7 nitrogen and oxygen atoms in total. The van der Waals surface area contributed by atoms with E-state index in [1.165, 1.54) is 11.3 Å². The molecule has 1 aromatic carbocycles. The summed E-state index contributed by atoms with van der Waals surface area (Å²) < 4.78 is 10.9. The lowest BCUT2D eigenvalue weighted by molar-refractivity contribution is -0.129. The molecule has 1 fully saturated rings. The number of benzene rings is 1. The van der Waals surface area contributed by atoms with E-state index >= 15 is 0 Å². The molecule has 2 aromatic rings. The average Bonchev–Trinajstić information content (AvgIpc) is 3.31. The number of thiophene rings is 1. The Morgan fingerprint density at radius 2 is 1.86 bits per heavy atom. The molecule has 0 atom stereocenters. The van der Waals surface area contributed by atoms with E-state index in [-0.39, 0.29) is 19.7 Å². The van der Waals surface area contributed by atoms with E-state index in [0.29, 0.717) is 17.3 Å². The first-order chi connectivity index (χ1) is 14.1. The van der Waals surface area contributed by atoms with Crippen LogP contribution >= 0.6 is 23.1 Å². The highest BCUT2D eigenvalue weighted by Crippen LogP contribution is 2.32. The summed E-state index contributed by atoms with van der Waals surface area (Å²) in [5.41, 5.74) is 0. The predicted molar refractivity (Wildman–Crippen MR) is 113 cm³/mol. The van der Waals surface area contributed by atoms with Crippen molar-refractivity contribution < 1.29 is 23.9 Å². The standard InChI is InChI=1S/C20H20N2O5S2/c1-2-26-14-5-7-15(8-6-14)27-10-9-21-18(23)13-22-19(24)17(29-20(22)25)12-16-4-3-11-28-16/h3-8,11-12H,2,9-10,13H2,1H3,(H,21,23)/b17-12-. The molecule has 152 valence electrons. The van der Waals surface area contributed by atoms with Crippen LogP contribution in [0.2, 0.25) is 0 Å². The van der Waals surface area contributed by atoms with E-state index in [1.807, 2.05) is 24.4 Å². The number of carbonyl (C=O) groups excluding carboxylic acids is 3. The van der Waals surface area contributed by atoms with E-state index in [9.17, 15) is 14.4 Å².